The molecular weight excluding hydrogens is 348 g/mol. The first-order valence-electron chi connectivity index (χ1n) is 8.93. The monoisotopic (exact) mass is 372 g/mol. The molecular formula is C21H25ClN2O2. The summed E-state index contributed by atoms with van der Waals surface area (Å²) in [5.41, 5.74) is 2.45. The van der Waals surface area contributed by atoms with Crippen molar-refractivity contribution >= 4 is 29.1 Å². The summed E-state index contributed by atoms with van der Waals surface area (Å²) >= 11 is 6.10. The fourth-order valence-electron chi connectivity index (χ4n) is 2.77. The van der Waals surface area contributed by atoms with Crippen LogP contribution in [0.15, 0.2) is 42.5 Å². The summed E-state index contributed by atoms with van der Waals surface area (Å²) in [5.74, 6) is -0.301. The highest BCUT2D eigenvalue weighted by Crippen LogP contribution is 2.23. The van der Waals surface area contributed by atoms with Gasteiger partial charge in [-0.25, -0.2) is 0 Å². The Bertz CT molecular complexity index is 783. The Balaban J connectivity index is 2.21. The van der Waals surface area contributed by atoms with Gasteiger partial charge in [-0.15, -0.1) is 0 Å². The minimum Gasteiger partial charge on any atom is -0.339 e. The molecule has 0 unspecified atom stereocenters. The molecule has 2 amide bonds. The molecule has 2 rings (SSSR count). The summed E-state index contributed by atoms with van der Waals surface area (Å²) in [5, 5.41) is 3.46. The number of amides is 2. The van der Waals surface area contributed by atoms with Crippen LogP contribution in [0.5, 0.6) is 0 Å². The van der Waals surface area contributed by atoms with Crippen LogP contribution >= 0.6 is 11.6 Å². The molecule has 138 valence electrons. The Kier molecular flexibility index (Phi) is 7.22. The number of hydrogen-bond donors (Lipinski definition) is 1. The summed E-state index contributed by atoms with van der Waals surface area (Å²) in [4.78, 5) is 27.2. The van der Waals surface area contributed by atoms with Crippen molar-refractivity contribution in [2.45, 2.75) is 33.6 Å². The predicted octanol–water partition coefficient (Wildman–Crippen LogP) is 5.16. The molecule has 2 aromatic rings. The summed E-state index contributed by atoms with van der Waals surface area (Å²) < 4.78 is 0. The van der Waals surface area contributed by atoms with Crippen molar-refractivity contribution in [3.8, 4) is 0 Å². The van der Waals surface area contributed by atoms with Gasteiger partial charge >= 0.3 is 0 Å². The van der Waals surface area contributed by atoms with Gasteiger partial charge in [0.25, 0.3) is 11.8 Å². The Morgan fingerprint density at radius 1 is 1.00 bits per heavy atom. The van der Waals surface area contributed by atoms with Crippen molar-refractivity contribution < 1.29 is 9.59 Å². The van der Waals surface area contributed by atoms with Gasteiger partial charge in [-0.05, 0) is 55.7 Å². The van der Waals surface area contributed by atoms with Crippen molar-refractivity contribution in [3.63, 3.8) is 0 Å². The van der Waals surface area contributed by atoms with E-state index >= 15 is 0 Å². The number of nitrogens with zero attached hydrogens (tertiary/aromatic N) is 1. The van der Waals surface area contributed by atoms with Crippen molar-refractivity contribution in [2.24, 2.45) is 0 Å². The lowest BCUT2D eigenvalue weighted by Crippen LogP contribution is -2.32. The average molecular weight is 373 g/mol. The summed E-state index contributed by atoms with van der Waals surface area (Å²) in [6.45, 7) is 7.38. The lowest BCUT2D eigenvalue weighted by atomic mass is 10.1. The first-order valence-corrected chi connectivity index (χ1v) is 9.31. The highest BCUT2D eigenvalue weighted by Gasteiger charge is 2.16. The Morgan fingerprint density at radius 3 is 2.27 bits per heavy atom. The van der Waals surface area contributed by atoms with Gasteiger partial charge in [0.2, 0.25) is 0 Å². The smallest absolute Gasteiger partial charge is 0.255 e. The zero-order valence-corrected chi connectivity index (χ0v) is 16.3. The van der Waals surface area contributed by atoms with Crippen LogP contribution in [-0.2, 0) is 0 Å². The highest BCUT2D eigenvalue weighted by molar-refractivity contribution is 6.31. The van der Waals surface area contributed by atoms with Crippen molar-refractivity contribution in [3.05, 3.63) is 64.2 Å². The van der Waals surface area contributed by atoms with E-state index in [9.17, 15) is 9.59 Å². The van der Waals surface area contributed by atoms with Crippen LogP contribution < -0.4 is 5.32 Å². The second-order valence-corrected chi connectivity index (χ2v) is 6.65. The molecule has 1 N–H and O–H groups in total. The molecule has 0 aromatic heterocycles. The molecule has 0 aliphatic carbocycles. The zero-order chi connectivity index (χ0) is 19.1. The number of halogens is 1. The summed E-state index contributed by atoms with van der Waals surface area (Å²) in [6.07, 6.45) is 1.81. The van der Waals surface area contributed by atoms with Crippen LogP contribution in [0.2, 0.25) is 5.02 Å². The molecule has 0 spiro atoms. The third-order valence-electron chi connectivity index (χ3n) is 4.16. The molecule has 26 heavy (non-hydrogen) atoms. The number of hydrogen-bond acceptors (Lipinski definition) is 2. The maximum atomic E-state index is 12.7. The normalized spacial score (nSPS) is 10.5. The minimum atomic E-state index is -0.262. The topological polar surface area (TPSA) is 49.4 Å². The second-order valence-electron chi connectivity index (χ2n) is 6.24. The van der Waals surface area contributed by atoms with Crippen molar-refractivity contribution in [1.82, 2.24) is 4.90 Å². The third kappa shape index (κ3) is 4.85. The van der Waals surface area contributed by atoms with Crippen LogP contribution in [0.1, 0.15) is 53.0 Å². The van der Waals surface area contributed by atoms with Gasteiger partial charge in [-0.1, -0.05) is 37.6 Å². The first kappa shape index (κ1) is 20.0. The molecule has 0 saturated carbocycles. The van der Waals surface area contributed by atoms with Gasteiger partial charge in [0, 0.05) is 34.9 Å². The van der Waals surface area contributed by atoms with Crippen LogP contribution in [0.25, 0.3) is 0 Å². The highest BCUT2D eigenvalue weighted by atomic mass is 35.5. The molecule has 0 heterocycles. The molecule has 0 bridgehead atoms. The molecule has 5 heteroatoms. The fourth-order valence-corrected chi connectivity index (χ4v) is 2.94. The fraction of sp³-hybridized carbons (Fsp3) is 0.333. The maximum absolute atomic E-state index is 12.7. The summed E-state index contributed by atoms with van der Waals surface area (Å²) in [7, 11) is 0. The van der Waals surface area contributed by atoms with E-state index in [0.29, 0.717) is 34.9 Å². The molecule has 0 fully saturated rings. The minimum absolute atomic E-state index is 0.0395. The van der Waals surface area contributed by atoms with Gasteiger partial charge in [-0.3, -0.25) is 9.59 Å². The van der Waals surface area contributed by atoms with E-state index in [-0.39, 0.29) is 11.8 Å². The number of rotatable bonds is 7. The van der Waals surface area contributed by atoms with E-state index < -0.39 is 0 Å². The van der Waals surface area contributed by atoms with Crippen LogP contribution in [0, 0.1) is 6.92 Å². The van der Waals surface area contributed by atoms with E-state index in [1.807, 2.05) is 25.7 Å². The number of benzene rings is 2. The number of nitrogens with one attached hydrogen (secondary N) is 1. The van der Waals surface area contributed by atoms with E-state index in [4.69, 9.17) is 11.6 Å². The second kappa shape index (κ2) is 9.39. The third-order valence-corrected chi connectivity index (χ3v) is 4.57. The zero-order valence-electron chi connectivity index (χ0n) is 15.5. The van der Waals surface area contributed by atoms with E-state index in [1.165, 1.54) is 0 Å². The van der Waals surface area contributed by atoms with Crippen LogP contribution in [0.3, 0.4) is 0 Å². The lowest BCUT2D eigenvalue weighted by Gasteiger charge is -2.21. The van der Waals surface area contributed by atoms with E-state index in [1.54, 1.807) is 42.5 Å². The van der Waals surface area contributed by atoms with Crippen LogP contribution in [0.4, 0.5) is 5.69 Å². The van der Waals surface area contributed by atoms with Crippen LogP contribution in [-0.4, -0.2) is 29.8 Å². The molecule has 0 aliphatic heterocycles. The first-order chi connectivity index (χ1) is 12.5. The molecule has 4 nitrogen and oxygen atoms in total. The van der Waals surface area contributed by atoms with Gasteiger partial charge in [0.15, 0.2) is 0 Å². The number of carbonyl (C=O) groups is 2. The Hall–Kier alpha value is -2.33. The molecule has 0 radical (unpaired) electrons. The maximum Gasteiger partial charge on any atom is 0.255 e. The molecule has 0 atom stereocenters. The van der Waals surface area contributed by atoms with E-state index in [0.717, 1.165) is 18.4 Å². The average Bonchev–Trinajstić information content (AvgIpc) is 2.65. The quantitative estimate of drug-likeness (QED) is 0.729. The van der Waals surface area contributed by atoms with Crippen molar-refractivity contribution in [1.29, 1.82) is 0 Å². The Labute approximate surface area is 160 Å². The van der Waals surface area contributed by atoms with Gasteiger partial charge in [-0.2, -0.15) is 0 Å². The molecule has 2 aromatic carbocycles. The SMILES string of the molecule is CCCN(CCC)C(=O)c1cccc(C(=O)Nc2cccc(Cl)c2C)c1. The molecule has 0 saturated heterocycles. The van der Waals surface area contributed by atoms with Gasteiger partial charge in [0.05, 0.1) is 0 Å². The van der Waals surface area contributed by atoms with Gasteiger partial charge in [0.1, 0.15) is 0 Å². The Morgan fingerprint density at radius 2 is 1.62 bits per heavy atom. The number of anilines is 1. The number of carbonyl (C=O) groups excluding carboxylic acids is 2. The van der Waals surface area contributed by atoms with Crippen molar-refractivity contribution in [2.75, 3.05) is 18.4 Å². The van der Waals surface area contributed by atoms with E-state index in [2.05, 4.69) is 5.32 Å². The lowest BCUT2D eigenvalue weighted by molar-refractivity contribution is 0.0755. The summed E-state index contributed by atoms with van der Waals surface area (Å²) in [6, 6.07) is 12.2. The molecule has 0 aliphatic rings. The van der Waals surface area contributed by atoms with Gasteiger partial charge < -0.3 is 10.2 Å². The predicted molar refractivity (Wildman–Crippen MR) is 107 cm³/mol. The largest absolute Gasteiger partial charge is 0.339 e. The standard InChI is InChI=1S/C21H25ClN2O2/c1-4-12-24(13-5-2)21(26)17-9-6-8-16(14-17)20(25)23-19-11-7-10-18(22)15(19)3/h6-11,14H,4-5,12-13H2,1-3H3,(H,23,25).